The van der Waals surface area contributed by atoms with Crippen molar-refractivity contribution >= 4 is 6.09 Å². The van der Waals surface area contributed by atoms with Crippen LogP contribution in [0.4, 0.5) is 4.79 Å². The van der Waals surface area contributed by atoms with Gasteiger partial charge in [0.25, 0.3) is 0 Å². The number of nitrogens with one attached hydrogen (secondary N) is 1. The molecule has 1 amide bonds. The summed E-state index contributed by atoms with van der Waals surface area (Å²) in [6.45, 7) is 15.3. The summed E-state index contributed by atoms with van der Waals surface area (Å²) >= 11 is 0. The van der Waals surface area contributed by atoms with Crippen molar-refractivity contribution in [2.75, 3.05) is 13.2 Å². The van der Waals surface area contributed by atoms with E-state index in [-0.39, 0.29) is 23.7 Å². The van der Waals surface area contributed by atoms with Crippen molar-refractivity contribution in [3.05, 3.63) is 24.3 Å². The van der Waals surface area contributed by atoms with E-state index in [1.165, 1.54) is 5.57 Å². The van der Waals surface area contributed by atoms with Gasteiger partial charge in [0.1, 0.15) is 6.61 Å². The van der Waals surface area contributed by atoms with Gasteiger partial charge in [0, 0.05) is 17.4 Å². The van der Waals surface area contributed by atoms with Crippen LogP contribution in [0.1, 0.15) is 34.6 Å². The first-order chi connectivity index (χ1) is 10.3. The van der Waals surface area contributed by atoms with Gasteiger partial charge >= 0.3 is 6.09 Å². The molecule has 0 radical (unpaired) electrons. The summed E-state index contributed by atoms with van der Waals surface area (Å²) < 4.78 is 11.6. The topological polar surface area (TPSA) is 47.6 Å². The normalized spacial score (nSPS) is 37.5. The van der Waals surface area contributed by atoms with Gasteiger partial charge in [-0.1, -0.05) is 31.6 Å². The number of alkyl carbamates (subject to hydrolysis) is 1. The Balaban J connectivity index is 2.18. The molecule has 22 heavy (non-hydrogen) atoms. The Morgan fingerprint density at radius 1 is 1.59 bits per heavy atom. The molecule has 0 aromatic rings. The first kappa shape index (κ1) is 17.1. The maximum atomic E-state index is 11.8. The fraction of sp³-hybridized carbons (Fsp3) is 0.722. The van der Waals surface area contributed by atoms with Crippen molar-refractivity contribution in [1.29, 1.82) is 0 Å². The number of rotatable bonds is 4. The van der Waals surface area contributed by atoms with Crippen LogP contribution in [0.5, 0.6) is 0 Å². The Labute approximate surface area is 133 Å². The number of carbonyl (C=O) groups is 1. The molecule has 0 unspecified atom stereocenters. The van der Waals surface area contributed by atoms with Crippen LogP contribution in [0.15, 0.2) is 24.3 Å². The van der Waals surface area contributed by atoms with Crippen LogP contribution in [0.25, 0.3) is 0 Å². The van der Waals surface area contributed by atoms with E-state index in [1.807, 2.05) is 19.9 Å². The van der Waals surface area contributed by atoms with E-state index in [0.29, 0.717) is 31.0 Å². The van der Waals surface area contributed by atoms with Crippen molar-refractivity contribution in [3.8, 4) is 0 Å². The second-order valence-electron chi connectivity index (χ2n) is 7.13. The standard InChI is InChI=1S/C18H29NO3/c1-7-15-16-12(4)8-13(5)18(9-21-15,14(16)6)10-22-17(20)19-11(2)3/h7-8,11,13-16H,1,9-10H2,2-6H3,(H,19,20)/t13-,14-,15-,16+,18-/m1/s1. The van der Waals surface area contributed by atoms with E-state index in [0.717, 1.165) is 0 Å². The summed E-state index contributed by atoms with van der Waals surface area (Å²) in [6, 6.07) is 0.0776. The molecule has 2 bridgehead atoms. The average molecular weight is 307 g/mol. The first-order valence-corrected chi connectivity index (χ1v) is 8.17. The third kappa shape index (κ3) is 2.94. The second kappa shape index (κ2) is 6.45. The monoisotopic (exact) mass is 307 g/mol. The highest BCUT2D eigenvalue weighted by Gasteiger charge is 2.53. The number of carbonyl (C=O) groups excluding carboxylic acids is 1. The zero-order chi connectivity index (χ0) is 16.5. The molecule has 1 heterocycles. The van der Waals surface area contributed by atoms with Gasteiger partial charge in [0.15, 0.2) is 0 Å². The molecule has 0 aromatic heterocycles. The molecule has 4 nitrogen and oxygen atoms in total. The minimum absolute atomic E-state index is 0.0522. The third-order valence-electron chi connectivity index (χ3n) is 5.40. The number of hydrogen-bond acceptors (Lipinski definition) is 3. The Morgan fingerprint density at radius 3 is 2.86 bits per heavy atom. The quantitative estimate of drug-likeness (QED) is 0.808. The van der Waals surface area contributed by atoms with Gasteiger partial charge in [-0.2, -0.15) is 0 Å². The van der Waals surface area contributed by atoms with Crippen molar-refractivity contribution in [2.24, 2.45) is 23.2 Å². The summed E-state index contributed by atoms with van der Waals surface area (Å²) in [4.78, 5) is 11.8. The fourth-order valence-electron chi connectivity index (χ4n) is 4.00. The van der Waals surface area contributed by atoms with Crippen molar-refractivity contribution in [1.82, 2.24) is 5.32 Å². The number of fused-ring (bicyclic) bond motifs is 2. The molecule has 0 saturated carbocycles. The third-order valence-corrected chi connectivity index (χ3v) is 5.40. The fourth-order valence-corrected chi connectivity index (χ4v) is 4.00. The Morgan fingerprint density at radius 2 is 2.27 bits per heavy atom. The number of amides is 1. The lowest BCUT2D eigenvalue weighted by Crippen LogP contribution is -2.56. The molecule has 1 fully saturated rings. The van der Waals surface area contributed by atoms with Gasteiger partial charge < -0.3 is 14.8 Å². The van der Waals surface area contributed by atoms with Crippen molar-refractivity contribution in [2.45, 2.75) is 46.8 Å². The highest BCUT2D eigenvalue weighted by molar-refractivity contribution is 5.67. The van der Waals surface area contributed by atoms with Gasteiger partial charge in [-0.15, -0.1) is 6.58 Å². The van der Waals surface area contributed by atoms with E-state index in [9.17, 15) is 4.79 Å². The average Bonchev–Trinajstić information content (AvgIpc) is 2.43. The van der Waals surface area contributed by atoms with Crippen LogP contribution in [0.2, 0.25) is 0 Å². The molecule has 1 saturated heterocycles. The van der Waals surface area contributed by atoms with Gasteiger partial charge in [-0.05, 0) is 32.6 Å². The van der Waals surface area contributed by atoms with E-state index >= 15 is 0 Å². The van der Waals surface area contributed by atoms with E-state index in [4.69, 9.17) is 9.47 Å². The molecular formula is C18H29NO3. The van der Waals surface area contributed by atoms with Crippen LogP contribution in [0, 0.1) is 23.2 Å². The Bertz CT molecular complexity index is 471. The zero-order valence-corrected chi connectivity index (χ0v) is 14.4. The lowest BCUT2D eigenvalue weighted by Gasteiger charge is -2.54. The minimum atomic E-state index is -0.350. The Kier molecular flexibility index (Phi) is 5.00. The van der Waals surface area contributed by atoms with E-state index < -0.39 is 0 Å². The van der Waals surface area contributed by atoms with Gasteiger partial charge in [-0.3, -0.25) is 0 Å². The second-order valence-corrected chi connectivity index (χ2v) is 7.13. The molecule has 0 aromatic carbocycles. The van der Waals surface area contributed by atoms with Gasteiger partial charge in [-0.25, -0.2) is 4.79 Å². The van der Waals surface area contributed by atoms with Crippen LogP contribution in [0.3, 0.4) is 0 Å². The number of hydrogen-bond donors (Lipinski definition) is 1. The maximum Gasteiger partial charge on any atom is 0.407 e. The predicted octanol–water partition coefficient (Wildman–Crippen LogP) is 3.54. The van der Waals surface area contributed by atoms with Crippen molar-refractivity contribution in [3.63, 3.8) is 0 Å². The van der Waals surface area contributed by atoms with Gasteiger partial charge in [0.05, 0.1) is 12.7 Å². The summed E-state index contributed by atoms with van der Waals surface area (Å²) in [5.41, 5.74) is 1.20. The van der Waals surface area contributed by atoms with E-state index in [1.54, 1.807) is 0 Å². The minimum Gasteiger partial charge on any atom is -0.449 e. The smallest absolute Gasteiger partial charge is 0.407 e. The Hall–Kier alpha value is -1.29. The molecule has 1 aliphatic carbocycles. The lowest BCUT2D eigenvalue weighted by molar-refractivity contribution is -0.149. The highest BCUT2D eigenvalue weighted by Crippen LogP contribution is 2.52. The van der Waals surface area contributed by atoms with Crippen LogP contribution in [-0.4, -0.2) is 31.5 Å². The molecule has 2 aliphatic rings. The summed E-state index contributed by atoms with van der Waals surface area (Å²) in [5, 5.41) is 2.78. The molecule has 1 aliphatic heterocycles. The maximum absolute atomic E-state index is 11.8. The predicted molar refractivity (Wildman–Crippen MR) is 87.6 cm³/mol. The SMILES string of the molecule is C=C[C@H]1OC[C@@]2(COC(=O)NC(C)C)[C@H](C)C=C(C)[C@H]1[C@H]2C. The van der Waals surface area contributed by atoms with Crippen molar-refractivity contribution < 1.29 is 14.3 Å². The first-order valence-electron chi connectivity index (χ1n) is 8.17. The van der Waals surface area contributed by atoms with Crippen LogP contribution < -0.4 is 5.32 Å². The van der Waals surface area contributed by atoms with Gasteiger partial charge in [0.2, 0.25) is 0 Å². The number of ether oxygens (including phenoxy) is 2. The van der Waals surface area contributed by atoms with E-state index in [2.05, 4.69) is 38.7 Å². The molecule has 124 valence electrons. The molecule has 2 rings (SSSR count). The zero-order valence-electron chi connectivity index (χ0n) is 14.4. The molecule has 0 spiro atoms. The molecule has 1 N–H and O–H groups in total. The van der Waals surface area contributed by atoms with Crippen LogP contribution >= 0.6 is 0 Å². The lowest BCUT2D eigenvalue weighted by atomic mass is 9.56. The summed E-state index contributed by atoms with van der Waals surface area (Å²) in [5.74, 6) is 1.02. The molecule has 5 atom stereocenters. The largest absolute Gasteiger partial charge is 0.449 e. The summed E-state index contributed by atoms with van der Waals surface area (Å²) in [7, 11) is 0. The highest BCUT2D eigenvalue weighted by atomic mass is 16.6. The van der Waals surface area contributed by atoms with Crippen LogP contribution in [-0.2, 0) is 9.47 Å². The molecular weight excluding hydrogens is 278 g/mol. The summed E-state index contributed by atoms with van der Waals surface area (Å²) in [6.07, 6.45) is 3.91. The number of allylic oxidation sites excluding steroid dienone is 1. The molecule has 4 heteroatoms.